The van der Waals surface area contributed by atoms with E-state index in [2.05, 4.69) is 60.4 Å². The SMILES string of the molecule is C=CC1=C(C)C2=NC1=CC1=NC(=CC3=C(C)C4=C(O)[C@](O)(C(=O)OC)C(=C5NC(=C2)[C@@H](C)[C@@H]5CCC(=O)OC/C=C(\C)CCCC(C)CCCC(C)CCCC(C)C)C4=N3)C(CC)=C1C. The van der Waals surface area contributed by atoms with Crippen LogP contribution in [0.25, 0.3) is 0 Å². The first-order valence-corrected chi connectivity index (χ1v) is 24.2. The third-order valence-electron chi connectivity index (χ3n) is 14.5. The monoisotopic (exact) mass is 887 g/mol. The van der Waals surface area contributed by atoms with E-state index in [1.807, 2.05) is 51.2 Å². The van der Waals surface area contributed by atoms with Crippen LogP contribution in [0.4, 0.5) is 0 Å². The quantitative estimate of drug-likeness (QED) is 0.0816. The van der Waals surface area contributed by atoms with Crippen LogP contribution < -0.4 is 5.32 Å². The molecule has 5 heterocycles. The van der Waals surface area contributed by atoms with Gasteiger partial charge in [0.05, 0.1) is 41.3 Å². The Kier molecular flexibility index (Phi) is 16.0. The Morgan fingerprint density at radius 3 is 2.18 bits per heavy atom. The van der Waals surface area contributed by atoms with E-state index in [-0.39, 0.29) is 41.8 Å². The molecule has 5 atom stereocenters. The van der Waals surface area contributed by atoms with E-state index >= 15 is 0 Å². The van der Waals surface area contributed by atoms with Crippen LogP contribution in [0.2, 0.25) is 0 Å². The average molecular weight is 887 g/mol. The van der Waals surface area contributed by atoms with Crippen LogP contribution >= 0.6 is 0 Å². The molecule has 65 heavy (non-hydrogen) atoms. The van der Waals surface area contributed by atoms with Crippen LogP contribution in [0.15, 0.2) is 131 Å². The third kappa shape index (κ3) is 10.3. The minimum absolute atomic E-state index is 0.0878. The van der Waals surface area contributed by atoms with Crippen LogP contribution in [0.3, 0.4) is 0 Å². The molecule has 0 spiro atoms. The second kappa shape index (κ2) is 21.0. The fourth-order valence-corrected chi connectivity index (χ4v) is 10.2. The summed E-state index contributed by atoms with van der Waals surface area (Å²) in [7, 11) is 1.18. The predicted octanol–water partition coefficient (Wildman–Crippen LogP) is 12.1. The lowest BCUT2D eigenvalue weighted by Crippen LogP contribution is -2.44. The van der Waals surface area contributed by atoms with Crippen molar-refractivity contribution >= 4 is 29.1 Å². The zero-order chi connectivity index (χ0) is 47.3. The number of esters is 2. The molecule has 8 bridgehead atoms. The second-order valence-electron chi connectivity index (χ2n) is 19.7. The smallest absolute Gasteiger partial charge is 0.350 e. The van der Waals surface area contributed by atoms with Crippen molar-refractivity contribution in [2.45, 2.75) is 152 Å². The van der Waals surface area contributed by atoms with Crippen molar-refractivity contribution in [2.75, 3.05) is 13.7 Å². The Morgan fingerprint density at radius 1 is 0.892 bits per heavy atom. The largest absolute Gasteiger partial charge is 0.507 e. The molecule has 0 saturated carbocycles. The summed E-state index contributed by atoms with van der Waals surface area (Å²) in [6.45, 7) is 25.8. The van der Waals surface area contributed by atoms with Crippen molar-refractivity contribution in [2.24, 2.45) is 44.6 Å². The molecule has 0 amide bonds. The zero-order valence-electron chi connectivity index (χ0n) is 41.0. The molecular weight excluding hydrogens is 813 g/mol. The van der Waals surface area contributed by atoms with Crippen molar-refractivity contribution in [3.8, 4) is 0 Å². The lowest BCUT2D eigenvalue weighted by Gasteiger charge is -2.26. The highest BCUT2D eigenvalue weighted by atomic mass is 16.5. The van der Waals surface area contributed by atoms with Crippen molar-refractivity contribution in [3.63, 3.8) is 0 Å². The lowest BCUT2D eigenvalue weighted by atomic mass is 9.83. The number of allylic oxidation sites excluding steroid dienone is 12. The Hall–Kier alpha value is -5.09. The second-order valence-corrected chi connectivity index (χ2v) is 19.7. The molecule has 350 valence electrons. The van der Waals surface area contributed by atoms with Gasteiger partial charge in [-0.3, -0.25) is 4.79 Å². The highest BCUT2D eigenvalue weighted by molar-refractivity contribution is 6.26. The number of rotatable bonds is 20. The molecule has 0 radical (unpaired) electrons. The summed E-state index contributed by atoms with van der Waals surface area (Å²) in [6.07, 6.45) is 22.0. The first-order valence-electron chi connectivity index (χ1n) is 24.2. The van der Waals surface area contributed by atoms with E-state index in [1.54, 1.807) is 0 Å². The topological polar surface area (TPSA) is 142 Å². The highest BCUT2D eigenvalue weighted by Gasteiger charge is 2.59. The normalized spacial score (nSPS) is 23.7. The number of hydrogen-bond donors (Lipinski definition) is 3. The van der Waals surface area contributed by atoms with Crippen molar-refractivity contribution in [1.29, 1.82) is 0 Å². The fourth-order valence-electron chi connectivity index (χ4n) is 10.2. The van der Waals surface area contributed by atoms with Gasteiger partial charge in [-0.1, -0.05) is 105 Å². The van der Waals surface area contributed by atoms with Gasteiger partial charge in [-0.2, -0.15) is 0 Å². The van der Waals surface area contributed by atoms with Crippen LogP contribution in [0, 0.1) is 29.6 Å². The molecule has 6 aliphatic rings. The van der Waals surface area contributed by atoms with E-state index in [9.17, 15) is 19.8 Å². The van der Waals surface area contributed by atoms with Gasteiger partial charge in [-0.05, 0) is 118 Å². The Bertz CT molecular complexity index is 2350. The van der Waals surface area contributed by atoms with Gasteiger partial charge in [0.1, 0.15) is 6.61 Å². The highest BCUT2D eigenvalue weighted by Crippen LogP contribution is 2.51. The molecule has 6 rings (SSSR count). The van der Waals surface area contributed by atoms with E-state index in [4.69, 9.17) is 24.5 Å². The average Bonchev–Trinajstić information content (AvgIpc) is 3.99. The van der Waals surface area contributed by atoms with E-state index in [0.717, 1.165) is 81.9 Å². The van der Waals surface area contributed by atoms with Gasteiger partial charge in [-0.15, -0.1) is 0 Å². The van der Waals surface area contributed by atoms with Crippen molar-refractivity contribution in [1.82, 2.24) is 5.32 Å². The number of aliphatic hydroxyl groups is 2. The number of carbonyl (C=O) groups is 2. The van der Waals surface area contributed by atoms with Gasteiger partial charge in [-0.25, -0.2) is 19.8 Å². The molecule has 5 aliphatic heterocycles. The van der Waals surface area contributed by atoms with Crippen LogP contribution in [-0.4, -0.2) is 58.6 Å². The molecule has 2 unspecified atom stereocenters. The van der Waals surface area contributed by atoms with Crippen molar-refractivity contribution in [3.05, 3.63) is 116 Å². The molecule has 10 nitrogen and oxygen atoms in total. The summed E-state index contributed by atoms with van der Waals surface area (Å²) in [5.74, 6) is -0.273. The van der Waals surface area contributed by atoms with E-state index in [1.165, 1.54) is 57.6 Å². The summed E-state index contributed by atoms with van der Waals surface area (Å²) >= 11 is 0. The Balaban J connectivity index is 1.22. The molecule has 0 aromatic heterocycles. The predicted molar refractivity (Wildman–Crippen MR) is 263 cm³/mol. The maximum Gasteiger partial charge on any atom is 0.350 e. The van der Waals surface area contributed by atoms with Crippen LogP contribution in [0.1, 0.15) is 146 Å². The number of carbonyl (C=O) groups excluding carboxylic acids is 2. The number of aliphatic imine (C=N–C) groups is 3. The van der Waals surface area contributed by atoms with Gasteiger partial charge < -0.3 is 25.0 Å². The first-order chi connectivity index (χ1) is 30.9. The Morgan fingerprint density at radius 2 is 1.54 bits per heavy atom. The molecule has 10 heteroatoms. The zero-order valence-corrected chi connectivity index (χ0v) is 41.0. The molecule has 1 fully saturated rings. The number of aliphatic hydroxyl groups excluding tert-OH is 1. The summed E-state index contributed by atoms with van der Waals surface area (Å²) in [6, 6.07) is 0. The van der Waals surface area contributed by atoms with E-state index in [0.29, 0.717) is 29.3 Å². The number of nitrogens with zero attached hydrogens (tertiary/aromatic N) is 3. The molecule has 3 N–H and O–H groups in total. The summed E-state index contributed by atoms with van der Waals surface area (Å²) in [4.78, 5) is 42.3. The number of methoxy groups -OCH3 is 1. The molecule has 1 aliphatic carbocycles. The lowest BCUT2D eigenvalue weighted by molar-refractivity contribution is -0.156. The van der Waals surface area contributed by atoms with Gasteiger partial charge in [0.15, 0.2) is 5.76 Å². The first kappa shape index (κ1) is 49.3. The molecule has 1 saturated heterocycles. The fraction of sp³-hybridized carbons (Fsp3) is 0.545. The number of fused-ring (bicyclic) bond motifs is 5. The standard InChI is InChI=1S/C55H74N4O6/c1-13-39-35(8)42-28-44-37(10)41(24-25-48(60)65-27-26-34(7)23-17-22-33(6)21-16-20-32(5)19-15-18-31(3)4)51(58-44)50-52-49(53(61)55(50,63)54(62)64-12)38(11)45(59-52)30-47-40(14-2)36(9)43(57-47)29-46(39)56-42/h13,26,28-33,37,41,58,61,63H,1,14-25,27H2,2-12H3/b34-26+,44-28?,46-29?,47-30?,51-50?/t32?,33?,37-,41-,55-/m0/s1. The molecule has 0 aromatic carbocycles. The van der Waals surface area contributed by atoms with Crippen molar-refractivity contribution < 1.29 is 29.3 Å². The minimum atomic E-state index is -2.55. The van der Waals surface area contributed by atoms with Gasteiger partial charge >= 0.3 is 11.9 Å². The van der Waals surface area contributed by atoms with E-state index < -0.39 is 23.2 Å². The maximum absolute atomic E-state index is 13.7. The summed E-state index contributed by atoms with van der Waals surface area (Å²) < 4.78 is 10.9. The molecular formula is C55H74N4O6. The van der Waals surface area contributed by atoms with Gasteiger partial charge in [0, 0.05) is 46.4 Å². The minimum Gasteiger partial charge on any atom is -0.507 e. The Labute approximate surface area is 388 Å². The van der Waals surface area contributed by atoms with Crippen LogP contribution in [-0.2, 0) is 19.1 Å². The summed E-state index contributed by atoms with van der Waals surface area (Å²) in [5.41, 5.74) is 8.67. The maximum atomic E-state index is 13.7. The molecule has 0 aromatic rings. The number of ether oxygens (including phenoxy) is 2. The number of hydrogen-bond acceptors (Lipinski definition) is 10. The third-order valence-corrected chi connectivity index (χ3v) is 14.5. The van der Waals surface area contributed by atoms with Gasteiger partial charge in [0.2, 0.25) is 5.60 Å². The van der Waals surface area contributed by atoms with Crippen LogP contribution in [0.5, 0.6) is 0 Å². The van der Waals surface area contributed by atoms with Gasteiger partial charge in [0.25, 0.3) is 0 Å². The number of nitrogens with one attached hydrogen (secondary N) is 1. The summed E-state index contributed by atoms with van der Waals surface area (Å²) in [5, 5.41) is 27.9.